The first-order chi connectivity index (χ1) is 8.70. The van der Waals surface area contributed by atoms with Gasteiger partial charge in [0.1, 0.15) is 6.61 Å². The van der Waals surface area contributed by atoms with E-state index in [1.165, 1.54) is 13.8 Å². The number of carbonyl (C=O) groups excluding carboxylic acids is 1. The highest BCUT2D eigenvalue weighted by molar-refractivity contribution is 5.96. The predicted octanol–water partition coefficient (Wildman–Crippen LogP) is 2.84. The highest BCUT2D eigenvalue weighted by Gasteiger charge is 2.36. The summed E-state index contributed by atoms with van der Waals surface area (Å²) in [5.41, 5.74) is -1.16. The predicted molar refractivity (Wildman–Crippen MR) is 63.6 cm³/mol. The van der Waals surface area contributed by atoms with Crippen LogP contribution in [0.3, 0.4) is 0 Å². The van der Waals surface area contributed by atoms with Gasteiger partial charge in [-0.3, -0.25) is 14.9 Å². The number of nitrogens with zero attached hydrogens (tertiary/aromatic N) is 1. The number of alkyl halides is 2. The van der Waals surface area contributed by atoms with Gasteiger partial charge in [0.05, 0.1) is 4.92 Å². The molecule has 5 nitrogen and oxygen atoms in total. The van der Waals surface area contributed by atoms with Crippen LogP contribution in [0.1, 0.15) is 28.4 Å². The van der Waals surface area contributed by atoms with Crippen LogP contribution in [0.2, 0.25) is 0 Å². The summed E-state index contributed by atoms with van der Waals surface area (Å²) in [5, 5.41) is 10.7. The topological polar surface area (TPSA) is 69.4 Å². The summed E-state index contributed by atoms with van der Waals surface area (Å²) in [6.07, 6.45) is 0. The average molecular weight is 273 g/mol. The van der Waals surface area contributed by atoms with E-state index in [1.54, 1.807) is 0 Å². The average Bonchev–Trinajstić information content (AvgIpc) is 2.27. The van der Waals surface area contributed by atoms with Crippen molar-refractivity contribution in [2.45, 2.75) is 19.8 Å². The van der Waals surface area contributed by atoms with Crippen molar-refractivity contribution >= 4 is 11.5 Å². The van der Waals surface area contributed by atoms with Crippen LogP contribution in [0.5, 0.6) is 0 Å². The number of benzene rings is 1. The molecule has 0 unspecified atom stereocenters. The van der Waals surface area contributed by atoms with Crippen molar-refractivity contribution in [3.63, 3.8) is 0 Å². The van der Waals surface area contributed by atoms with Crippen molar-refractivity contribution in [2.24, 2.45) is 0 Å². The Bertz CT molecular complexity index is 529. The maximum atomic E-state index is 13.8. The number of carbonyl (C=O) groups is 1. The summed E-state index contributed by atoms with van der Waals surface area (Å²) in [5.74, 6) is -3.90. The van der Waals surface area contributed by atoms with Gasteiger partial charge in [-0.05, 0) is 19.4 Å². The van der Waals surface area contributed by atoms with Gasteiger partial charge < -0.3 is 4.74 Å². The summed E-state index contributed by atoms with van der Waals surface area (Å²) in [6.45, 7) is 1.59. The molecule has 0 radical (unpaired) electrons. The van der Waals surface area contributed by atoms with Gasteiger partial charge in [-0.25, -0.2) is 0 Å². The first-order valence-electron chi connectivity index (χ1n) is 5.38. The molecule has 0 spiro atoms. The third kappa shape index (κ3) is 3.11. The fourth-order valence-corrected chi connectivity index (χ4v) is 1.81. The van der Waals surface area contributed by atoms with Crippen molar-refractivity contribution in [1.29, 1.82) is 0 Å². The molecule has 0 aliphatic carbocycles. The monoisotopic (exact) mass is 273 g/mol. The minimum Gasteiger partial charge on any atom is -0.378 e. The molecule has 104 valence electrons. The first-order valence-corrected chi connectivity index (χ1v) is 5.38. The molecule has 0 fully saturated rings. The number of nitro groups is 1. The Balaban J connectivity index is 3.54. The molecule has 0 aliphatic rings. The number of Topliss-reactive ketones (excluding diaryl/α,β-unsaturated/α-hetero) is 1. The van der Waals surface area contributed by atoms with E-state index in [1.807, 2.05) is 0 Å². The lowest BCUT2D eigenvalue weighted by Gasteiger charge is -2.19. The number of rotatable bonds is 5. The summed E-state index contributed by atoms with van der Waals surface area (Å²) >= 11 is 0. The Morgan fingerprint density at radius 1 is 1.47 bits per heavy atom. The number of ether oxygens (including phenoxy) is 1. The van der Waals surface area contributed by atoms with Crippen LogP contribution in [0, 0.1) is 17.0 Å². The number of nitro benzene ring substituents is 1. The van der Waals surface area contributed by atoms with Crippen LogP contribution in [0.25, 0.3) is 0 Å². The van der Waals surface area contributed by atoms with Crippen LogP contribution in [0.4, 0.5) is 14.5 Å². The van der Waals surface area contributed by atoms with Crippen LogP contribution >= 0.6 is 0 Å². The van der Waals surface area contributed by atoms with Crippen LogP contribution in [-0.2, 0) is 10.7 Å². The summed E-state index contributed by atoms with van der Waals surface area (Å²) < 4.78 is 32.1. The summed E-state index contributed by atoms with van der Waals surface area (Å²) in [7, 11) is 1.10. The fourth-order valence-electron chi connectivity index (χ4n) is 1.81. The highest BCUT2D eigenvalue weighted by atomic mass is 19.3. The minimum atomic E-state index is -3.39. The highest BCUT2D eigenvalue weighted by Crippen LogP contribution is 2.35. The minimum absolute atomic E-state index is 0.0279. The van der Waals surface area contributed by atoms with Gasteiger partial charge in [0.2, 0.25) is 0 Å². The van der Waals surface area contributed by atoms with Crippen molar-refractivity contribution < 1.29 is 23.2 Å². The Morgan fingerprint density at radius 3 is 2.47 bits per heavy atom. The molecular formula is C12H13F2NO4. The van der Waals surface area contributed by atoms with Gasteiger partial charge in [-0.2, -0.15) is 8.78 Å². The number of hydrogen-bond donors (Lipinski definition) is 0. The van der Waals surface area contributed by atoms with Crippen LogP contribution in [0.15, 0.2) is 12.1 Å². The zero-order valence-corrected chi connectivity index (χ0v) is 10.7. The Hall–Kier alpha value is -1.89. The van der Waals surface area contributed by atoms with Gasteiger partial charge in [0.25, 0.3) is 11.6 Å². The molecule has 1 rings (SSSR count). The van der Waals surface area contributed by atoms with Gasteiger partial charge in [-0.15, -0.1) is 0 Å². The number of non-ortho nitro benzene ring substituents is 1. The molecule has 0 amide bonds. The lowest BCUT2D eigenvalue weighted by Crippen LogP contribution is -2.22. The molecule has 19 heavy (non-hydrogen) atoms. The molecule has 0 bridgehead atoms. The van der Waals surface area contributed by atoms with E-state index in [4.69, 9.17) is 0 Å². The number of halogens is 2. The third-order valence-corrected chi connectivity index (χ3v) is 2.70. The summed E-state index contributed by atoms with van der Waals surface area (Å²) in [6, 6.07) is 1.78. The first kappa shape index (κ1) is 15.2. The third-order valence-electron chi connectivity index (χ3n) is 2.70. The smallest absolute Gasteiger partial charge is 0.296 e. The number of ketones is 1. The quantitative estimate of drug-likeness (QED) is 0.470. The van der Waals surface area contributed by atoms with E-state index in [2.05, 4.69) is 4.74 Å². The fraction of sp³-hybridized carbons (Fsp3) is 0.417. The molecule has 7 heteroatoms. The Kier molecular flexibility index (Phi) is 4.31. The van der Waals surface area contributed by atoms with E-state index < -0.39 is 34.5 Å². The molecule has 0 saturated carbocycles. The zero-order chi connectivity index (χ0) is 14.8. The van der Waals surface area contributed by atoms with Gasteiger partial charge in [-0.1, -0.05) is 0 Å². The molecule has 1 aromatic carbocycles. The molecule has 0 saturated heterocycles. The lowest BCUT2D eigenvalue weighted by molar-refractivity contribution is -0.385. The SMILES string of the molecule is COCC(F)(F)c1cc([N+](=O)[O-])cc(C(C)=O)c1C. The Labute approximate surface area is 108 Å². The summed E-state index contributed by atoms with van der Waals surface area (Å²) in [4.78, 5) is 21.3. The maximum Gasteiger partial charge on any atom is 0.296 e. The van der Waals surface area contributed by atoms with Crippen LogP contribution in [-0.4, -0.2) is 24.4 Å². The van der Waals surface area contributed by atoms with Crippen molar-refractivity contribution in [3.05, 3.63) is 38.9 Å². The second-order valence-corrected chi connectivity index (χ2v) is 4.12. The normalized spacial score (nSPS) is 11.4. The van der Waals surface area contributed by atoms with Crippen molar-refractivity contribution in [1.82, 2.24) is 0 Å². The maximum absolute atomic E-state index is 13.8. The molecule has 0 atom stereocenters. The van der Waals surface area contributed by atoms with Gasteiger partial charge in [0.15, 0.2) is 5.78 Å². The second kappa shape index (κ2) is 5.40. The molecule has 0 heterocycles. The van der Waals surface area contributed by atoms with E-state index >= 15 is 0 Å². The standard InChI is InChI=1S/C12H13F2NO4/c1-7-10(8(2)16)4-9(15(17)18)5-11(7)12(13,14)6-19-3/h4-5H,6H2,1-3H3. The molecule has 0 N–H and O–H groups in total. The van der Waals surface area contributed by atoms with Crippen molar-refractivity contribution in [2.75, 3.05) is 13.7 Å². The largest absolute Gasteiger partial charge is 0.378 e. The van der Waals surface area contributed by atoms with Crippen molar-refractivity contribution in [3.8, 4) is 0 Å². The second-order valence-electron chi connectivity index (χ2n) is 4.12. The van der Waals surface area contributed by atoms with Gasteiger partial charge >= 0.3 is 0 Å². The van der Waals surface area contributed by atoms with E-state index in [-0.39, 0.29) is 11.1 Å². The van der Waals surface area contributed by atoms with E-state index in [0.29, 0.717) is 0 Å². The lowest BCUT2D eigenvalue weighted by atomic mass is 9.95. The zero-order valence-electron chi connectivity index (χ0n) is 10.7. The molecule has 0 aliphatic heterocycles. The Morgan fingerprint density at radius 2 is 2.05 bits per heavy atom. The molecular weight excluding hydrogens is 260 g/mol. The van der Waals surface area contributed by atoms with Gasteiger partial charge in [0, 0.05) is 30.4 Å². The number of methoxy groups -OCH3 is 1. The molecule has 1 aromatic rings. The van der Waals surface area contributed by atoms with Crippen LogP contribution < -0.4 is 0 Å². The molecule has 0 aromatic heterocycles. The number of hydrogen-bond acceptors (Lipinski definition) is 4. The van der Waals surface area contributed by atoms with E-state index in [9.17, 15) is 23.7 Å². The van der Waals surface area contributed by atoms with E-state index in [0.717, 1.165) is 19.2 Å².